The standard InChI is InChI=1S/C14H18N2O4/c17-10-5-3-9(4-6-10)8-12(14(19)20)16-13(18)11-2-1-7-15-11/h3-6,11-12,15,17H,1-2,7-8H2,(H,16,18)(H,19,20)/t11?,12-/m1/s1. The molecule has 20 heavy (non-hydrogen) atoms. The number of carbonyl (C=O) groups is 2. The molecule has 1 fully saturated rings. The van der Waals surface area contributed by atoms with E-state index >= 15 is 0 Å². The summed E-state index contributed by atoms with van der Waals surface area (Å²) < 4.78 is 0. The lowest BCUT2D eigenvalue weighted by atomic mass is 10.1. The number of carboxylic acid groups (broad SMARTS) is 1. The SMILES string of the molecule is O=C(N[C@H](Cc1ccc(O)cc1)C(=O)O)C1CCCN1. The minimum Gasteiger partial charge on any atom is -0.508 e. The normalized spacial score (nSPS) is 19.5. The minimum absolute atomic E-state index is 0.125. The number of amides is 1. The van der Waals surface area contributed by atoms with Crippen molar-refractivity contribution in [2.75, 3.05) is 6.54 Å². The monoisotopic (exact) mass is 278 g/mol. The second-order valence-electron chi connectivity index (χ2n) is 4.92. The van der Waals surface area contributed by atoms with Gasteiger partial charge in [0.2, 0.25) is 5.91 Å². The van der Waals surface area contributed by atoms with E-state index in [2.05, 4.69) is 10.6 Å². The summed E-state index contributed by atoms with van der Waals surface area (Å²) in [6.07, 6.45) is 1.85. The van der Waals surface area contributed by atoms with Crippen LogP contribution in [0.15, 0.2) is 24.3 Å². The van der Waals surface area contributed by atoms with Gasteiger partial charge >= 0.3 is 5.97 Å². The fourth-order valence-corrected chi connectivity index (χ4v) is 2.25. The van der Waals surface area contributed by atoms with Crippen molar-refractivity contribution in [1.82, 2.24) is 10.6 Å². The van der Waals surface area contributed by atoms with Gasteiger partial charge in [0.15, 0.2) is 0 Å². The molecule has 0 bridgehead atoms. The number of phenols is 1. The van der Waals surface area contributed by atoms with Crippen molar-refractivity contribution < 1.29 is 19.8 Å². The van der Waals surface area contributed by atoms with Crippen molar-refractivity contribution >= 4 is 11.9 Å². The van der Waals surface area contributed by atoms with Gasteiger partial charge in [-0.05, 0) is 37.1 Å². The Bertz CT molecular complexity index is 480. The highest BCUT2D eigenvalue weighted by Crippen LogP contribution is 2.12. The number of rotatable bonds is 5. The molecule has 6 heteroatoms. The summed E-state index contributed by atoms with van der Waals surface area (Å²) in [5.41, 5.74) is 0.745. The van der Waals surface area contributed by atoms with E-state index in [0.29, 0.717) is 0 Å². The third-order valence-electron chi connectivity index (χ3n) is 3.37. The molecule has 1 saturated heterocycles. The van der Waals surface area contributed by atoms with Crippen LogP contribution in [0.25, 0.3) is 0 Å². The van der Waals surface area contributed by atoms with E-state index in [-0.39, 0.29) is 24.1 Å². The molecule has 108 valence electrons. The van der Waals surface area contributed by atoms with Crippen LogP contribution < -0.4 is 10.6 Å². The van der Waals surface area contributed by atoms with Gasteiger partial charge in [-0.1, -0.05) is 12.1 Å². The molecule has 0 spiro atoms. The van der Waals surface area contributed by atoms with Crippen LogP contribution in [0, 0.1) is 0 Å². The average molecular weight is 278 g/mol. The average Bonchev–Trinajstić information content (AvgIpc) is 2.94. The summed E-state index contributed by atoms with van der Waals surface area (Å²) in [4.78, 5) is 23.2. The first kappa shape index (κ1) is 14.3. The van der Waals surface area contributed by atoms with E-state index in [1.165, 1.54) is 12.1 Å². The summed E-state index contributed by atoms with van der Waals surface area (Å²) in [6.45, 7) is 0.786. The van der Waals surface area contributed by atoms with Crippen molar-refractivity contribution in [3.05, 3.63) is 29.8 Å². The summed E-state index contributed by atoms with van der Waals surface area (Å²) in [5.74, 6) is -1.21. The molecule has 0 aliphatic carbocycles. The van der Waals surface area contributed by atoms with Gasteiger partial charge in [-0.2, -0.15) is 0 Å². The Kier molecular flexibility index (Phi) is 4.57. The molecule has 2 rings (SSSR count). The highest BCUT2D eigenvalue weighted by Gasteiger charge is 2.27. The molecule has 0 radical (unpaired) electrons. The second kappa shape index (κ2) is 6.38. The summed E-state index contributed by atoms with van der Waals surface area (Å²) in [5, 5.41) is 24.0. The highest BCUT2D eigenvalue weighted by atomic mass is 16.4. The first-order chi connectivity index (χ1) is 9.56. The van der Waals surface area contributed by atoms with Crippen LogP contribution in [0.1, 0.15) is 18.4 Å². The number of aromatic hydroxyl groups is 1. The lowest BCUT2D eigenvalue weighted by molar-refractivity contribution is -0.142. The quantitative estimate of drug-likeness (QED) is 0.619. The Labute approximate surface area is 116 Å². The molecule has 1 heterocycles. The van der Waals surface area contributed by atoms with Gasteiger partial charge in [-0.15, -0.1) is 0 Å². The van der Waals surface area contributed by atoms with E-state index in [9.17, 15) is 19.8 Å². The molecule has 4 N–H and O–H groups in total. The Morgan fingerprint density at radius 2 is 2.05 bits per heavy atom. The van der Waals surface area contributed by atoms with Gasteiger partial charge in [-0.25, -0.2) is 4.79 Å². The van der Waals surface area contributed by atoms with E-state index in [4.69, 9.17) is 0 Å². The number of carboxylic acids is 1. The summed E-state index contributed by atoms with van der Waals surface area (Å²) >= 11 is 0. The Balaban J connectivity index is 1.98. The number of aliphatic carboxylic acids is 1. The zero-order chi connectivity index (χ0) is 14.5. The van der Waals surface area contributed by atoms with Crippen LogP contribution in [-0.2, 0) is 16.0 Å². The van der Waals surface area contributed by atoms with Crippen molar-refractivity contribution in [3.63, 3.8) is 0 Å². The third-order valence-corrected chi connectivity index (χ3v) is 3.37. The third kappa shape index (κ3) is 3.71. The van der Waals surface area contributed by atoms with Crippen LogP contribution in [0.3, 0.4) is 0 Å². The van der Waals surface area contributed by atoms with Gasteiger partial charge in [0, 0.05) is 6.42 Å². The maximum Gasteiger partial charge on any atom is 0.326 e. The molecule has 0 saturated carbocycles. The zero-order valence-electron chi connectivity index (χ0n) is 11.0. The fraction of sp³-hybridized carbons (Fsp3) is 0.429. The summed E-state index contributed by atoms with van der Waals surface area (Å²) in [7, 11) is 0. The number of nitrogens with one attached hydrogen (secondary N) is 2. The molecule has 1 unspecified atom stereocenters. The number of phenolic OH excluding ortho intramolecular Hbond substituents is 1. The zero-order valence-corrected chi connectivity index (χ0v) is 11.0. The van der Waals surface area contributed by atoms with Crippen molar-refractivity contribution in [2.24, 2.45) is 0 Å². The Morgan fingerprint density at radius 3 is 2.60 bits per heavy atom. The first-order valence-corrected chi connectivity index (χ1v) is 6.61. The van der Waals surface area contributed by atoms with Gasteiger partial charge in [0.05, 0.1) is 6.04 Å². The Hall–Kier alpha value is -2.08. The summed E-state index contributed by atoms with van der Waals surface area (Å²) in [6, 6.07) is 5.02. The van der Waals surface area contributed by atoms with Gasteiger partial charge in [-0.3, -0.25) is 4.79 Å². The number of hydrogen-bond acceptors (Lipinski definition) is 4. The Morgan fingerprint density at radius 1 is 1.35 bits per heavy atom. The lowest BCUT2D eigenvalue weighted by Gasteiger charge is -2.17. The molecule has 2 atom stereocenters. The second-order valence-corrected chi connectivity index (χ2v) is 4.92. The van der Waals surface area contributed by atoms with Crippen molar-refractivity contribution in [1.29, 1.82) is 0 Å². The van der Waals surface area contributed by atoms with E-state index in [0.717, 1.165) is 24.9 Å². The smallest absolute Gasteiger partial charge is 0.326 e. The number of carbonyl (C=O) groups excluding carboxylic acids is 1. The molecule has 1 aromatic carbocycles. The molecule has 1 aliphatic heterocycles. The van der Waals surface area contributed by atoms with Crippen LogP contribution in [0.2, 0.25) is 0 Å². The number of benzene rings is 1. The predicted molar refractivity (Wildman–Crippen MR) is 72.4 cm³/mol. The highest BCUT2D eigenvalue weighted by molar-refractivity contribution is 5.87. The van der Waals surface area contributed by atoms with Crippen LogP contribution in [0.4, 0.5) is 0 Å². The first-order valence-electron chi connectivity index (χ1n) is 6.61. The van der Waals surface area contributed by atoms with Crippen molar-refractivity contribution in [2.45, 2.75) is 31.3 Å². The molecular weight excluding hydrogens is 260 g/mol. The maximum absolute atomic E-state index is 11.9. The molecule has 1 aliphatic rings. The van der Waals surface area contributed by atoms with Gasteiger partial charge < -0.3 is 20.8 Å². The van der Waals surface area contributed by atoms with Crippen LogP contribution >= 0.6 is 0 Å². The molecule has 1 amide bonds. The van der Waals surface area contributed by atoms with Crippen molar-refractivity contribution in [3.8, 4) is 5.75 Å². The van der Waals surface area contributed by atoms with E-state index in [1.807, 2.05) is 0 Å². The molecular formula is C14H18N2O4. The topological polar surface area (TPSA) is 98.7 Å². The van der Waals surface area contributed by atoms with Crippen LogP contribution in [-0.4, -0.2) is 40.7 Å². The molecule has 0 aromatic heterocycles. The fourth-order valence-electron chi connectivity index (χ4n) is 2.25. The lowest BCUT2D eigenvalue weighted by Crippen LogP contribution is -2.49. The molecule has 1 aromatic rings. The predicted octanol–water partition coefficient (Wildman–Crippen LogP) is 0.256. The van der Waals surface area contributed by atoms with Gasteiger partial charge in [0.25, 0.3) is 0 Å². The minimum atomic E-state index is -1.07. The molecule has 6 nitrogen and oxygen atoms in total. The van der Waals surface area contributed by atoms with E-state index in [1.54, 1.807) is 12.1 Å². The largest absolute Gasteiger partial charge is 0.508 e. The van der Waals surface area contributed by atoms with Gasteiger partial charge in [0.1, 0.15) is 11.8 Å². The van der Waals surface area contributed by atoms with E-state index < -0.39 is 12.0 Å². The number of hydrogen-bond donors (Lipinski definition) is 4. The maximum atomic E-state index is 11.9. The van der Waals surface area contributed by atoms with Crippen LogP contribution in [0.5, 0.6) is 5.75 Å².